The summed E-state index contributed by atoms with van der Waals surface area (Å²) in [6.45, 7) is 3.29. The average Bonchev–Trinajstić information content (AvgIpc) is 2.76. The highest BCUT2D eigenvalue weighted by molar-refractivity contribution is 5.69. The molecule has 0 saturated carbocycles. The number of benzene rings is 2. The lowest BCUT2D eigenvalue weighted by atomic mass is 10.1. The van der Waals surface area contributed by atoms with Crippen molar-refractivity contribution >= 4 is 17.8 Å². The fourth-order valence-corrected chi connectivity index (χ4v) is 3.06. The van der Waals surface area contributed by atoms with Crippen molar-refractivity contribution in [3.8, 4) is 0 Å². The van der Waals surface area contributed by atoms with Crippen LogP contribution in [0.4, 0.5) is 5.69 Å². The Balaban J connectivity index is 1.43. The molecular weight excluding hydrogens is 376 g/mol. The minimum Gasteiger partial charge on any atom is -0.375 e. The molecule has 0 saturated heterocycles. The van der Waals surface area contributed by atoms with E-state index < -0.39 is 4.92 Å². The maximum atomic E-state index is 10.9. The van der Waals surface area contributed by atoms with Crippen molar-refractivity contribution in [1.82, 2.24) is 4.98 Å². The molecule has 0 unspecified atom stereocenters. The number of ether oxygens (including phenoxy) is 1. The lowest BCUT2D eigenvalue weighted by molar-refractivity contribution is -0.384. The van der Waals surface area contributed by atoms with E-state index in [1.54, 1.807) is 12.1 Å². The van der Waals surface area contributed by atoms with Gasteiger partial charge in [0.2, 0.25) is 0 Å². The first kappa shape index (κ1) is 21.4. The van der Waals surface area contributed by atoms with Gasteiger partial charge in [0.15, 0.2) is 0 Å². The van der Waals surface area contributed by atoms with Crippen molar-refractivity contribution in [2.24, 2.45) is 0 Å². The smallest absolute Gasteiger partial charge is 0.270 e. The first-order chi connectivity index (χ1) is 14.6. The average molecular weight is 402 g/mol. The molecule has 0 aliphatic heterocycles. The second-order valence-electron chi connectivity index (χ2n) is 7.23. The molecule has 1 heterocycles. The van der Waals surface area contributed by atoms with Gasteiger partial charge in [0, 0.05) is 18.7 Å². The van der Waals surface area contributed by atoms with Crippen LogP contribution in [0.5, 0.6) is 0 Å². The normalized spacial score (nSPS) is 11.1. The summed E-state index contributed by atoms with van der Waals surface area (Å²) >= 11 is 0. The van der Waals surface area contributed by atoms with Crippen LogP contribution in [0.2, 0.25) is 0 Å². The molecule has 0 spiro atoms. The number of aryl methyl sites for hydroxylation is 2. The third kappa shape index (κ3) is 6.94. The van der Waals surface area contributed by atoms with E-state index in [4.69, 9.17) is 4.74 Å². The fraction of sp³-hybridized carbons (Fsp3) is 0.240. The second kappa shape index (κ2) is 11.0. The van der Waals surface area contributed by atoms with Gasteiger partial charge in [0.1, 0.15) is 0 Å². The molecule has 5 nitrogen and oxygen atoms in total. The summed E-state index contributed by atoms with van der Waals surface area (Å²) in [5, 5.41) is 10.9. The predicted octanol–water partition coefficient (Wildman–Crippen LogP) is 6.01. The van der Waals surface area contributed by atoms with E-state index in [1.165, 1.54) is 17.2 Å². The Labute approximate surface area is 177 Å². The van der Waals surface area contributed by atoms with E-state index in [0.717, 1.165) is 36.2 Å². The number of aromatic nitrogens is 1. The highest BCUT2D eigenvalue weighted by Gasteiger charge is 2.04. The Bertz CT molecular complexity index is 997. The molecule has 0 aliphatic rings. The first-order valence-electron chi connectivity index (χ1n) is 10.1. The molecular formula is C25H26N2O3. The molecule has 0 radical (unpaired) electrons. The number of rotatable bonds is 10. The highest BCUT2D eigenvalue weighted by Crippen LogP contribution is 2.15. The lowest BCUT2D eigenvalue weighted by Crippen LogP contribution is -1.99. The molecule has 0 atom stereocenters. The summed E-state index contributed by atoms with van der Waals surface area (Å²) in [6, 6.07) is 21.0. The van der Waals surface area contributed by atoms with E-state index in [0.29, 0.717) is 13.2 Å². The Hall–Kier alpha value is -3.31. The maximum absolute atomic E-state index is 10.9. The third-order valence-electron chi connectivity index (χ3n) is 4.73. The van der Waals surface area contributed by atoms with Crippen LogP contribution < -0.4 is 0 Å². The van der Waals surface area contributed by atoms with E-state index in [9.17, 15) is 10.1 Å². The summed E-state index contributed by atoms with van der Waals surface area (Å²) in [4.78, 5) is 15.1. The van der Waals surface area contributed by atoms with Gasteiger partial charge in [-0.25, -0.2) is 0 Å². The molecule has 0 amide bonds. The summed E-state index contributed by atoms with van der Waals surface area (Å²) < 4.78 is 5.78. The number of hydrogen-bond acceptors (Lipinski definition) is 4. The van der Waals surface area contributed by atoms with Crippen LogP contribution in [0.3, 0.4) is 0 Å². The predicted molar refractivity (Wildman–Crippen MR) is 120 cm³/mol. The molecule has 0 N–H and O–H groups in total. The van der Waals surface area contributed by atoms with Gasteiger partial charge in [-0.15, -0.1) is 0 Å². The molecule has 0 bridgehead atoms. The van der Waals surface area contributed by atoms with Crippen LogP contribution in [0.25, 0.3) is 12.2 Å². The molecule has 1 aromatic heterocycles. The van der Waals surface area contributed by atoms with Crippen LogP contribution in [0.15, 0.2) is 66.7 Å². The van der Waals surface area contributed by atoms with Crippen molar-refractivity contribution in [1.29, 1.82) is 0 Å². The minimum atomic E-state index is -0.395. The van der Waals surface area contributed by atoms with Crippen LogP contribution in [-0.4, -0.2) is 16.5 Å². The third-order valence-corrected chi connectivity index (χ3v) is 4.73. The second-order valence-corrected chi connectivity index (χ2v) is 7.23. The van der Waals surface area contributed by atoms with E-state index in [2.05, 4.69) is 36.2 Å². The molecule has 3 aromatic rings. The highest BCUT2D eigenvalue weighted by atomic mass is 16.6. The Kier molecular flexibility index (Phi) is 7.86. The van der Waals surface area contributed by atoms with Crippen molar-refractivity contribution in [2.75, 3.05) is 6.61 Å². The van der Waals surface area contributed by atoms with Gasteiger partial charge in [0.25, 0.3) is 5.69 Å². The number of pyridine rings is 1. The zero-order chi connectivity index (χ0) is 21.2. The molecule has 0 aliphatic carbocycles. The van der Waals surface area contributed by atoms with Gasteiger partial charge in [-0.2, -0.15) is 0 Å². The molecule has 0 fully saturated rings. The van der Waals surface area contributed by atoms with Crippen LogP contribution in [0, 0.1) is 17.0 Å². The van der Waals surface area contributed by atoms with Gasteiger partial charge in [-0.1, -0.05) is 54.1 Å². The van der Waals surface area contributed by atoms with Crippen molar-refractivity contribution in [2.45, 2.75) is 32.8 Å². The zero-order valence-corrected chi connectivity index (χ0v) is 17.2. The van der Waals surface area contributed by atoms with Gasteiger partial charge >= 0.3 is 0 Å². The number of nitrogens with zero attached hydrogens (tertiary/aromatic N) is 2. The Morgan fingerprint density at radius 1 is 1.00 bits per heavy atom. The standard InChI is InChI=1S/C25H26N2O3/c1-20-11-13-21(14-12-20)6-2-3-17-30-19-24-9-5-8-23(26-24)16-15-22-7-4-10-25(18-22)27(28)29/h4-5,7-16,18H,2-3,6,17,19H2,1H3. The monoisotopic (exact) mass is 402 g/mol. The van der Waals surface area contributed by atoms with Gasteiger partial charge < -0.3 is 4.74 Å². The van der Waals surface area contributed by atoms with Crippen LogP contribution in [-0.2, 0) is 17.8 Å². The quantitative estimate of drug-likeness (QED) is 0.237. The summed E-state index contributed by atoms with van der Waals surface area (Å²) in [5.74, 6) is 0. The Morgan fingerprint density at radius 2 is 1.80 bits per heavy atom. The maximum Gasteiger partial charge on any atom is 0.270 e. The van der Waals surface area contributed by atoms with E-state index >= 15 is 0 Å². The summed E-state index contributed by atoms with van der Waals surface area (Å²) in [7, 11) is 0. The number of nitro benzene ring substituents is 1. The SMILES string of the molecule is Cc1ccc(CCCCOCc2cccc(C=Cc3cccc([N+](=O)[O-])c3)n2)cc1. The summed E-state index contributed by atoms with van der Waals surface area (Å²) in [6.07, 6.45) is 6.86. The number of hydrogen-bond donors (Lipinski definition) is 0. The number of nitro groups is 1. The summed E-state index contributed by atoms with van der Waals surface area (Å²) in [5.41, 5.74) is 5.16. The van der Waals surface area contributed by atoms with Gasteiger partial charge in [-0.3, -0.25) is 15.1 Å². The van der Waals surface area contributed by atoms with Crippen molar-refractivity contribution in [3.05, 3.63) is 105 Å². The molecule has 5 heteroatoms. The van der Waals surface area contributed by atoms with E-state index in [-0.39, 0.29) is 5.69 Å². The molecule has 154 valence electrons. The first-order valence-corrected chi connectivity index (χ1v) is 10.1. The van der Waals surface area contributed by atoms with Crippen LogP contribution in [0.1, 0.15) is 40.9 Å². The molecule has 30 heavy (non-hydrogen) atoms. The van der Waals surface area contributed by atoms with Crippen LogP contribution >= 0.6 is 0 Å². The number of unbranched alkanes of at least 4 members (excludes halogenated alkanes) is 1. The van der Waals surface area contributed by atoms with Gasteiger partial charge in [0.05, 0.1) is 22.9 Å². The lowest BCUT2D eigenvalue weighted by Gasteiger charge is -2.05. The molecule has 2 aromatic carbocycles. The van der Waals surface area contributed by atoms with Crippen molar-refractivity contribution in [3.63, 3.8) is 0 Å². The van der Waals surface area contributed by atoms with Gasteiger partial charge in [-0.05, 0) is 55.5 Å². The fourth-order valence-electron chi connectivity index (χ4n) is 3.06. The Morgan fingerprint density at radius 3 is 2.60 bits per heavy atom. The van der Waals surface area contributed by atoms with E-state index in [1.807, 2.05) is 36.4 Å². The molecule has 3 rings (SSSR count). The largest absolute Gasteiger partial charge is 0.375 e. The number of non-ortho nitro benzene ring substituents is 1. The zero-order valence-electron chi connectivity index (χ0n) is 17.2. The minimum absolute atomic E-state index is 0.0784. The topological polar surface area (TPSA) is 65.3 Å². The van der Waals surface area contributed by atoms with Crippen molar-refractivity contribution < 1.29 is 9.66 Å².